The summed E-state index contributed by atoms with van der Waals surface area (Å²) in [7, 11) is 0. The molecule has 0 aliphatic rings. The molecule has 1 atom stereocenters. The van der Waals surface area contributed by atoms with E-state index in [1.807, 2.05) is 6.92 Å². The fourth-order valence-electron chi connectivity index (χ4n) is 1.83. The standard InChI is InChI=1S/C15H20N2O4S/c1-2-3-7-11(15(20)21)17-14(19)10-6-4-5-8-12(10)22-9-13(16)18/h4-6,8,11H,2-3,7,9H2,1H3,(H2,16,18)(H,17,19)(H,20,21)/t11-/m0/s1. The van der Waals surface area contributed by atoms with Crippen LogP contribution in [0.1, 0.15) is 36.5 Å². The number of aliphatic carboxylic acids is 1. The van der Waals surface area contributed by atoms with Crippen molar-refractivity contribution in [3.05, 3.63) is 29.8 Å². The molecule has 1 aromatic rings. The molecule has 0 saturated carbocycles. The van der Waals surface area contributed by atoms with Crippen LogP contribution >= 0.6 is 11.8 Å². The summed E-state index contributed by atoms with van der Waals surface area (Å²) in [5.41, 5.74) is 5.45. The average Bonchev–Trinajstić information content (AvgIpc) is 2.49. The Bertz CT molecular complexity index is 548. The molecule has 0 aliphatic carbocycles. The lowest BCUT2D eigenvalue weighted by Crippen LogP contribution is -2.40. The topological polar surface area (TPSA) is 109 Å². The summed E-state index contributed by atoms with van der Waals surface area (Å²) >= 11 is 1.15. The van der Waals surface area contributed by atoms with Crippen LogP contribution in [-0.2, 0) is 9.59 Å². The van der Waals surface area contributed by atoms with Crippen LogP contribution in [0, 0.1) is 0 Å². The number of carbonyl (C=O) groups excluding carboxylic acids is 2. The van der Waals surface area contributed by atoms with E-state index in [2.05, 4.69) is 5.32 Å². The first kappa shape index (κ1) is 18.0. The number of rotatable bonds is 9. The Hall–Kier alpha value is -2.02. The first-order valence-electron chi connectivity index (χ1n) is 6.99. The van der Waals surface area contributed by atoms with Gasteiger partial charge in [-0.3, -0.25) is 9.59 Å². The summed E-state index contributed by atoms with van der Waals surface area (Å²) in [6.07, 6.45) is 1.95. The van der Waals surface area contributed by atoms with Crippen LogP contribution in [0.3, 0.4) is 0 Å². The Morgan fingerprint density at radius 2 is 2.00 bits per heavy atom. The van der Waals surface area contributed by atoms with Crippen LogP contribution in [0.5, 0.6) is 0 Å². The monoisotopic (exact) mass is 324 g/mol. The highest BCUT2D eigenvalue weighted by molar-refractivity contribution is 8.00. The van der Waals surface area contributed by atoms with Crippen molar-refractivity contribution in [1.29, 1.82) is 0 Å². The highest BCUT2D eigenvalue weighted by Gasteiger charge is 2.21. The minimum Gasteiger partial charge on any atom is -0.480 e. The molecule has 0 unspecified atom stereocenters. The third kappa shape index (κ3) is 5.77. The Labute approximate surface area is 133 Å². The van der Waals surface area contributed by atoms with E-state index in [4.69, 9.17) is 10.8 Å². The Morgan fingerprint density at radius 3 is 2.59 bits per heavy atom. The third-order valence-electron chi connectivity index (χ3n) is 2.95. The molecule has 7 heteroatoms. The number of benzene rings is 1. The largest absolute Gasteiger partial charge is 0.480 e. The molecule has 0 radical (unpaired) electrons. The third-order valence-corrected chi connectivity index (χ3v) is 4.05. The predicted octanol–water partition coefficient (Wildman–Crippen LogP) is 1.64. The molecule has 0 aromatic heterocycles. The molecule has 6 nitrogen and oxygen atoms in total. The Balaban J connectivity index is 2.83. The second-order valence-electron chi connectivity index (χ2n) is 4.76. The number of hydrogen-bond donors (Lipinski definition) is 3. The maximum atomic E-state index is 12.3. The second kappa shape index (κ2) is 9.09. The first-order valence-corrected chi connectivity index (χ1v) is 7.98. The first-order chi connectivity index (χ1) is 10.5. The van der Waals surface area contributed by atoms with Gasteiger partial charge in [0.1, 0.15) is 6.04 Å². The molecule has 0 heterocycles. The molecular weight excluding hydrogens is 304 g/mol. The van der Waals surface area contributed by atoms with Crippen molar-refractivity contribution in [2.45, 2.75) is 37.1 Å². The molecule has 2 amide bonds. The Kier molecular flexibility index (Phi) is 7.45. The summed E-state index contributed by atoms with van der Waals surface area (Å²) < 4.78 is 0. The van der Waals surface area contributed by atoms with Crippen molar-refractivity contribution >= 4 is 29.5 Å². The number of primary amides is 1. The molecular formula is C15H20N2O4S. The van der Waals surface area contributed by atoms with Crippen molar-refractivity contribution < 1.29 is 19.5 Å². The van der Waals surface area contributed by atoms with Crippen LogP contribution in [0.15, 0.2) is 29.2 Å². The van der Waals surface area contributed by atoms with E-state index >= 15 is 0 Å². The number of carboxylic acid groups (broad SMARTS) is 1. The lowest BCUT2D eigenvalue weighted by Gasteiger charge is -2.15. The molecule has 1 rings (SSSR count). The maximum Gasteiger partial charge on any atom is 0.326 e. The quantitative estimate of drug-likeness (QED) is 0.598. The normalized spacial score (nSPS) is 11.7. The fraction of sp³-hybridized carbons (Fsp3) is 0.400. The number of nitrogens with two attached hydrogens (primary N) is 1. The Morgan fingerprint density at radius 1 is 1.32 bits per heavy atom. The van der Waals surface area contributed by atoms with E-state index in [9.17, 15) is 14.4 Å². The molecule has 0 bridgehead atoms. The van der Waals surface area contributed by atoms with Crippen molar-refractivity contribution in [1.82, 2.24) is 5.32 Å². The van der Waals surface area contributed by atoms with E-state index in [1.54, 1.807) is 24.3 Å². The van der Waals surface area contributed by atoms with E-state index in [0.717, 1.165) is 24.6 Å². The van der Waals surface area contributed by atoms with Crippen molar-refractivity contribution in [3.63, 3.8) is 0 Å². The lowest BCUT2D eigenvalue weighted by atomic mass is 10.1. The summed E-state index contributed by atoms with van der Waals surface area (Å²) in [5, 5.41) is 11.7. The van der Waals surface area contributed by atoms with Crippen LogP contribution in [0.25, 0.3) is 0 Å². The van der Waals surface area contributed by atoms with Crippen LogP contribution in [-0.4, -0.2) is 34.7 Å². The van der Waals surface area contributed by atoms with Gasteiger partial charge in [0.05, 0.1) is 11.3 Å². The minimum atomic E-state index is -1.05. The molecule has 120 valence electrons. The van der Waals surface area contributed by atoms with Gasteiger partial charge in [-0.05, 0) is 18.6 Å². The fourth-order valence-corrected chi connectivity index (χ4v) is 2.62. The van der Waals surface area contributed by atoms with E-state index in [1.165, 1.54) is 0 Å². The highest BCUT2D eigenvalue weighted by atomic mass is 32.2. The molecule has 1 aromatic carbocycles. The second-order valence-corrected chi connectivity index (χ2v) is 5.77. The van der Waals surface area contributed by atoms with Crippen LogP contribution < -0.4 is 11.1 Å². The molecule has 0 aliphatic heterocycles. The van der Waals surface area contributed by atoms with Crippen LogP contribution in [0.4, 0.5) is 0 Å². The number of carboxylic acids is 1. The number of hydrogen-bond acceptors (Lipinski definition) is 4. The van der Waals surface area contributed by atoms with Gasteiger partial charge in [0.15, 0.2) is 0 Å². The zero-order valence-corrected chi connectivity index (χ0v) is 13.2. The van der Waals surface area contributed by atoms with Gasteiger partial charge in [-0.15, -0.1) is 11.8 Å². The van der Waals surface area contributed by atoms with Crippen molar-refractivity contribution in [2.24, 2.45) is 5.73 Å². The van der Waals surface area contributed by atoms with E-state index in [0.29, 0.717) is 16.9 Å². The molecule has 22 heavy (non-hydrogen) atoms. The zero-order valence-electron chi connectivity index (χ0n) is 12.4. The number of nitrogens with one attached hydrogen (secondary N) is 1. The van der Waals surface area contributed by atoms with E-state index < -0.39 is 23.8 Å². The van der Waals surface area contributed by atoms with Gasteiger partial charge in [0.2, 0.25) is 5.91 Å². The number of amides is 2. The van der Waals surface area contributed by atoms with Gasteiger partial charge < -0.3 is 16.2 Å². The predicted molar refractivity (Wildman–Crippen MR) is 84.8 cm³/mol. The number of carbonyl (C=O) groups is 3. The summed E-state index contributed by atoms with van der Waals surface area (Å²) in [4.78, 5) is 34.9. The highest BCUT2D eigenvalue weighted by Crippen LogP contribution is 2.22. The maximum absolute atomic E-state index is 12.3. The summed E-state index contributed by atoms with van der Waals surface area (Å²) in [6.45, 7) is 1.95. The van der Waals surface area contributed by atoms with E-state index in [-0.39, 0.29) is 5.75 Å². The smallest absolute Gasteiger partial charge is 0.326 e. The van der Waals surface area contributed by atoms with Gasteiger partial charge in [-0.2, -0.15) is 0 Å². The number of thioether (sulfide) groups is 1. The molecule has 4 N–H and O–H groups in total. The number of unbranched alkanes of at least 4 members (excludes halogenated alkanes) is 1. The molecule has 0 saturated heterocycles. The average molecular weight is 324 g/mol. The minimum absolute atomic E-state index is 0.0580. The van der Waals surface area contributed by atoms with Gasteiger partial charge in [-0.25, -0.2) is 4.79 Å². The summed E-state index contributed by atoms with van der Waals surface area (Å²) in [5.74, 6) is -1.94. The zero-order chi connectivity index (χ0) is 16.5. The van der Waals surface area contributed by atoms with Crippen molar-refractivity contribution in [2.75, 3.05) is 5.75 Å². The SMILES string of the molecule is CCCC[C@H](NC(=O)c1ccccc1SCC(N)=O)C(=O)O. The van der Waals surface area contributed by atoms with Crippen LogP contribution in [0.2, 0.25) is 0 Å². The van der Waals surface area contributed by atoms with Gasteiger partial charge in [0.25, 0.3) is 5.91 Å². The van der Waals surface area contributed by atoms with Gasteiger partial charge in [0, 0.05) is 4.90 Å². The molecule has 0 fully saturated rings. The lowest BCUT2D eigenvalue weighted by molar-refractivity contribution is -0.139. The van der Waals surface area contributed by atoms with Gasteiger partial charge in [-0.1, -0.05) is 31.9 Å². The van der Waals surface area contributed by atoms with Crippen molar-refractivity contribution in [3.8, 4) is 0 Å². The summed E-state index contributed by atoms with van der Waals surface area (Å²) in [6, 6.07) is 5.81. The molecule has 0 spiro atoms. The van der Waals surface area contributed by atoms with Gasteiger partial charge >= 0.3 is 5.97 Å².